The molecule has 1 amide bonds. The number of aromatic nitrogens is 3. The first kappa shape index (κ1) is 16.4. The smallest absolute Gasteiger partial charge is 0.249 e. The Labute approximate surface area is 151 Å². The number of pyridine rings is 1. The molecule has 3 heterocycles. The molecule has 3 aromatic rings. The zero-order valence-corrected chi connectivity index (χ0v) is 14.8. The van der Waals surface area contributed by atoms with Crippen molar-refractivity contribution in [1.29, 1.82) is 0 Å². The Morgan fingerprint density at radius 3 is 2.85 bits per heavy atom. The molecule has 132 valence electrons. The van der Waals surface area contributed by atoms with E-state index < -0.39 is 0 Å². The molecule has 2 aromatic heterocycles. The minimum Gasteiger partial charge on any atom is -0.337 e. The van der Waals surface area contributed by atoms with Crippen LogP contribution in [0.3, 0.4) is 0 Å². The quantitative estimate of drug-likeness (QED) is 0.720. The van der Waals surface area contributed by atoms with Crippen molar-refractivity contribution >= 4 is 5.91 Å². The number of benzene rings is 1. The lowest BCUT2D eigenvalue weighted by Gasteiger charge is -2.22. The SMILES string of the molecule is Cc1ccc(CN2C(=O)CCC2c2nc(-c3ccccn3)no2)cc1C. The van der Waals surface area contributed by atoms with Crippen LogP contribution in [0.5, 0.6) is 0 Å². The highest BCUT2D eigenvalue weighted by Crippen LogP contribution is 2.34. The Hall–Kier alpha value is -3.02. The monoisotopic (exact) mass is 348 g/mol. The van der Waals surface area contributed by atoms with Gasteiger partial charge in [0.1, 0.15) is 11.7 Å². The first-order valence-electron chi connectivity index (χ1n) is 8.72. The van der Waals surface area contributed by atoms with Gasteiger partial charge in [-0.2, -0.15) is 4.98 Å². The second kappa shape index (κ2) is 6.71. The van der Waals surface area contributed by atoms with E-state index in [2.05, 4.69) is 47.2 Å². The molecule has 0 saturated carbocycles. The molecule has 1 fully saturated rings. The van der Waals surface area contributed by atoms with Gasteiger partial charge in [0.25, 0.3) is 0 Å². The van der Waals surface area contributed by atoms with Gasteiger partial charge in [0.05, 0.1) is 0 Å². The van der Waals surface area contributed by atoms with Crippen molar-refractivity contribution < 1.29 is 9.32 Å². The molecular weight excluding hydrogens is 328 g/mol. The Bertz CT molecular complexity index is 936. The summed E-state index contributed by atoms with van der Waals surface area (Å²) in [4.78, 5) is 23.0. The largest absolute Gasteiger partial charge is 0.337 e. The fourth-order valence-corrected chi connectivity index (χ4v) is 3.26. The molecule has 6 nitrogen and oxygen atoms in total. The molecule has 6 heteroatoms. The fourth-order valence-electron chi connectivity index (χ4n) is 3.26. The lowest BCUT2D eigenvalue weighted by molar-refractivity contribution is -0.129. The lowest BCUT2D eigenvalue weighted by Crippen LogP contribution is -2.27. The van der Waals surface area contributed by atoms with Gasteiger partial charge in [0.2, 0.25) is 17.6 Å². The van der Waals surface area contributed by atoms with Crippen molar-refractivity contribution in [2.45, 2.75) is 39.3 Å². The molecule has 0 N–H and O–H groups in total. The van der Waals surface area contributed by atoms with Crippen LogP contribution < -0.4 is 0 Å². The summed E-state index contributed by atoms with van der Waals surface area (Å²) in [5, 5.41) is 4.04. The van der Waals surface area contributed by atoms with Gasteiger partial charge in [-0.15, -0.1) is 0 Å². The van der Waals surface area contributed by atoms with Gasteiger partial charge >= 0.3 is 0 Å². The van der Waals surface area contributed by atoms with Crippen LogP contribution in [0.4, 0.5) is 0 Å². The Balaban J connectivity index is 1.58. The summed E-state index contributed by atoms with van der Waals surface area (Å²) in [6.45, 7) is 4.71. The number of nitrogens with zero attached hydrogens (tertiary/aromatic N) is 4. The van der Waals surface area contributed by atoms with E-state index >= 15 is 0 Å². The maximum Gasteiger partial charge on any atom is 0.249 e. The van der Waals surface area contributed by atoms with Gasteiger partial charge in [-0.05, 0) is 49.1 Å². The van der Waals surface area contributed by atoms with Crippen LogP contribution in [-0.2, 0) is 11.3 Å². The number of likely N-dealkylation sites (tertiary alicyclic amines) is 1. The third-order valence-electron chi connectivity index (χ3n) is 4.87. The van der Waals surface area contributed by atoms with E-state index in [9.17, 15) is 4.79 Å². The summed E-state index contributed by atoms with van der Waals surface area (Å²) in [5.41, 5.74) is 4.24. The fraction of sp³-hybridized carbons (Fsp3) is 0.300. The number of carbonyl (C=O) groups excluding carboxylic acids is 1. The van der Waals surface area contributed by atoms with Gasteiger partial charge in [-0.25, -0.2) is 0 Å². The lowest BCUT2D eigenvalue weighted by atomic mass is 10.1. The topological polar surface area (TPSA) is 72.1 Å². The van der Waals surface area contributed by atoms with E-state index in [1.807, 2.05) is 23.1 Å². The van der Waals surface area contributed by atoms with Crippen LogP contribution in [0.1, 0.15) is 41.5 Å². The van der Waals surface area contributed by atoms with Crippen molar-refractivity contribution in [3.8, 4) is 11.5 Å². The van der Waals surface area contributed by atoms with Crippen LogP contribution in [0, 0.1) is 13.8 Å². The number of hydrogen-bond donors (Lipinski definition) is 0. The number of amides is 1. The summed E-state index contributed by atoms with van der Waals surface area (Å²) < 4.78 is 5.47. The van der Waals surface area contributed by atoms with E-state index in [-0.39, 0.29) is 11.9 Å². The summed E-state index contributed by atoms with van der Waals surface area (Å²) in [6.07, 6.45) is 2.88. The standard InChI is InChI=1S/C20H20N4O2/c1-13-6-7-15(11-14(13)2)12-24-17(8-9-18(24)25)20-22-19(23-26-20)16-5-3-4-10-21-16/h3-7,10-11,17H,8-9,12H2,1-2H3. The maximum absolute atomic E-state index is 12.4. The molecule has 1 aromatic carbocycles. The molecule has 0 bridgehead atoms. The highest BCUT2D eigenvalue weighted by molar-refractivity contribution is 5.78. The third kappa shape index (κ3) is 3.10. The molecular formula is C20H20N4O2. The van der Waals surface area contributed by atoms with Crippen LogP contribution >= 0.6 is 0 Å². The highest BCUT2D eigenvalue weighted by atomic mass is 16.5. The number of hydrogen-bond acceptors (Lipinski definition) is 5. The van der Waals surface area contributed by atoms with E-state index in [4.69, 9.17) is 4.52 Å². The minimum absolute atomic E-state index is 0.116. The first-order valence-corrected chi connectivity index (χ1v) is 8.72. The van der Waals surface area contributed by atoms with E-state index in [0.717, 1.165) is 5.56 Å². The molecule has 1 atom stereocenters. The number of aryl methyl sites for hydroxylation is 2. The normalized spacial score (nSPS) is 17.1. The zero-order chi connectivity index (χ0) is 18.1. The van der Waals surface area contributed by atoms with E-state index in [1.54, 1.807) is 6.20 Å². The second-order valence-corrected chi connectivity index (χ2v) is 6.67. The molecule has 0 radical (unpaired) electrons. The minimum atomic E-state index is -0.186. The predicted molar refractivity (Wildman–Crippen MR) is 96.0 cm³/mol. The Kier molecular flexibility index (Phi) is 4.24. The average molecular weight is 348 g/mol. The average Bonchev–Trinajstić information content (AvgIpc) is 3.27. The van der Waals surface area contributed by atoms with Crippen LogP contribution in [-0.4, -0.2) is 25.9 Å². The molecule has 1 aliphatic rings. The summed E-state index contributed by atoms with van der Waals surface area (Å²) in [7, 11) is 0. The van der Waals surface area contributed by atoms with Gasteiger partial charge in [-0.1, -0.05) is 29.4 Å². The molecule has 0 aliphatic carbocycles. The van der Waals surface area contributed by atoms with Crippen molar-refractivity contribution in [3.63, 3.8) is 0 Å². The molecule has 4 rings (SSSR count). The molecule has 26 heavy (non-hydrogen) atoms. The maximum atomic E-state index is 12.4. The van der Waals surface area contributed by atoms with Gasteiger partial charge in [-0.3, -0.25) is 9.78 Å². The number of rotatable bonds is 4. The van der Waals surface area contributed by atoms with Crippen LogP contribution in [0.2, 0.25) is 0 Å². The first-order chi connectivity index (χ1) is 12.6. The van der Waals surface area contributed by atoms with Crippen LogP contribution in [0.15, 0.2) is 47.1 Å². The van der Waals surface area contributed by atoms with Crippen molar-refractivity contribution in [2.24, 2.45) is 0 Å². The van der Waals surface area contributed by atoms with Gasteiger partial charge in [0, 0.05) is 19.2 Å². The van der Waals surface area contributed by atoms with E-state index in [1.165, 1.54) is 11.1 Å². The molecule has 0 spiro atoms. The van der Waals surface area contributed by atoms with Crippen molar-refractivity contribution in [2.75, 3.05) is 0 Å². The zero-order valence-electron chi connectivity index (χ0n) is 14.8. The molecule has 1 saturated heterocycles. The molecule has 1 aliphatic heterocycles. The second-order valence-electron chi connectivity index (χ2n) is 6.67. The van der Waals surface area contributed by atoms with Gasteiger partial charge in [0.15, 0.2) is 0 Å². The summed E-state index contributed by atoms with van der Waals surface area (Å²) in [6, 6.07) is 11.7. The van der Waals surface area contributed by atoms with Crippen molar-refractivity contribution in [1.82, 2.24) is 20.0 Å². The number of carbonyl (C=O) groups is 1. The summed E-state index contributed by atoms with van der Waals surface area (Å²) >= 11 is 0. The predicted octanol–water partition coefficient (Wildman–Crippen LogP) is 3.61. The van der Waals surface area contributed by atoms with E-state index in [0.29, 0.717) is 36.8 Å². The van der Waals surface area contributed by atoms with Crippen molar-refractivity contribution in [3.05, 3.63) is 65.2 Å². The van der Waals surface area contributed by atoms with Gasteiger partial charge < -0.3 is 9.42 Å². The molecule has 1 unspecified atom stereocenters. The third-order valence-corrected chi connectivity index (χ3v) is 4.87. The Morgan fingerprint density at radius 2 is 2.08 bits per heavy atom. The Morgan fingerprint density at radius 1 is 1.19 bits per heavy atom. The summed E-state index contributed by atoms with van der Waals surface area (Å²) in [5.74, 6) is 1.04. The van der Waals surface area contributed by atoms with Crippen LogP contribution in [0.25, 0.3) is 11.5 Å². The highest BCUT2D eigenvalue weighted by Gasteiger charge is 2.36.